The summed E-state index contributed by atoms with van der Waals surface area (Å²) in [4.78, 5) is 11.0. The highest BCUT2D eigenvalue weighted by Gasteiger charge is 2.45. The number of carbonyl (C=O) groups is 1. The molecule has 17 heavy (non-hydrogen) atoms. The van der Waals surface area contributed by atoms with Gasteiger partial charge in [0.05, 0.1) is 30.4 Å². The van der Waals surface area contributed by atoms with Crippen LogP contribution >= 0.6 is 11.6 Å². The molecule has 1 aromatic rings. The maximum absolute atomic E-state index is 11.0. The van der Waals surface area contributed by atoms with Crippen LogP contribution < -0.4 is 9.47 Å². The van der Waals surface area contributed by atoms with E-state index in [2.05, 4.69) is 0 Å². The van der Waals surface area contributed by atoms with Gasteiger partial charge in [-0.15, -0.1) is 0 Å². The number of aldehydes is 1. The Morgan fingerprint density at radius 3 is 2.35 bits per heavy atom. The van der Waals surface area contributed by atoms with E-state index in [1.807, 2.05) is 0 Å². The number of rotatable bonds is 4. The molecule has 1 fully saturated rings. The number of ether oxygens (including phenoxy) is 2. The number of hydrogen-bond donors (Lipinski definition) is 1. The molecule has 92 valence electrons. The number of hydrogen-bond acceptors (Lipinski definition) is 4. The molecule has 0 radical (unpaired) electrons. The predicted octanol–water partition coefficient (Wildman–Crippen LogP) is 2.15. The van der Waals surface area contributed by atoms with Gasteiger partial charge in [-0.3, -0.25) is 4.79 Å². The molecule has 0 spiro atoms. The number of benzene rings is 1. The fraction of sp³-hybridized carbons (Fsp3) is 0.417. The van der Waals surface area contributed by atoms with Gasteiger partial charge < -0.3 is 14.6 Å². The van der Waals surface area contributed by atoms with Crippen molar-refractivity contribution in [3.63, 3.8) is 0 Å². The second kappa shape index (κ2) is 4.20. The highest BCUT2D eigenvalue weighted by atomic mass is 35.5. The van der Waals surface area contributed by atoms with E-state index in [4.69, 9.17) is 21.1 Å². The third-order valence-corrected chi connectivity index (χ3v) is 3.29. The van der Waals surface area contributed by atoms with Gasteiger partial charge in [0, 0.05) is 5.56 Å². The zero-order valence-corrected chi connectivity index (χ0v) is 10.4. The third-order valence-electron chi connectivity index (χ3n) is 2.97. The van der Waals surface area contributed by atoms with Gasteiger partial charge in [0.25, 0.3) is 0 Å². The van der Waals surface area contributed by atoms with Crippen LogP contribution in [0.3, 0.4) is 0 Å². The van der Waals surface area contributed by atoms with Crippen molar-refractivity contribution >= 4 is 17.9 Å². The minimum atomic E-state index is -0.899. The van der Waals surface area contributed by atoms with Crippen LogP contribution in [0.2, 0.25) is 5.02 Å². The van der Waals surface area contributed by atoms with E-state index in [1.165, 1.54) is 14.2 Å². The maximum atomic E-state index is 11.0. The molecular formula is C12H13ClO4. The van der Waals surface area contributed by atoms with Gasteiger partial charge in [-0.1, -0.05) is 11.6 Å². The first-order valence-corrected chi connectivity index (χ1v) is 5.57. The molecule has 0 amide bonds. The largest absolute Gasteiger partial charge is 0.492 e. The summed E-state index contributed by atoms with van der Waals surface area (Å²) < 4.78 is 10.4. The summed E-state index contributed by atoms with van der Waals surface area (Å²) in [6.45, 7) is 0. The molecule has 1 aromatic carbocycles. The molecule has 2 rings (SSSR count). The molecule has 0 saturated heterocycles. The number of methoxy groups -OCH3 is 2. The average molecular weight is 257 g/mol. The van der Waals surface area contributed by atoms with Crippen LogP contribution in [0, 0.1) is 0 Å². The van der Waals surface area contributed by atoms with Crippen molar-refractivity contribution in [2.75, 3.05) is 14.2 Å². The zero-order valence-electron chi connectivity index (χ0n) is 9.62. The average Bonchev–Trinajstić information content (AvgIpc) is 3.06. The molecule has 1 N–H and O–H groups in total. The second-order valence-corrected chi connectivity index (χ2v) is 4.44. The lowest BCUT2D eigenvalue weighted by molar-refractivity contribution is 0.111. The lowest BCUT2D eigenvalue weighted by Crippen LogP contribution is -2.09. The Balaban J connectivity index is 2.69. The van der Waals surface area contributed by atoms with E-state index in [1.54, 1.807) is 6.07 Å². The molecule has 1 saturated carbocycles. The van der Waals surface area contributed by atoms with Crippen molar-refractivity contribution in [2.24, 2.45) is 0 Å². The van der Waals surface area contributed by atoms with E-state index in [0.29, 0.717) is 30.4 Å². The summed E-state index contributed by atoms with van der Waals surface area (Å²) in [5.74, 6) is 0.643. The lowest BCUT2D eigenvalue weighted by Gasteiger charge is -2.18. The molecule has 0 unspecified atom stereocenters. The maximum Gasteiger partial charge on any atom is 0.173 e. The Hall–Kier alpha value is -1.26. The highest BCUT2D eigenvalue weighted by molar-refractivity contribution is 6.33. The first-order chi connectivity index (χ1) is 8.07. The standard InChI is InChI=1S/C12H13ClO4/c1-16-10-7(6-14)9(13)5-8(11(10)17-2)12(15)3-4-12/h5-6,15H,3-4H2,1-2H3. The minimum Gasteiger partial charge on any atom is -0.492 e. The fourth-order valence-corrected chi connectivity index (χ4v) is 2.11. The molecule has 0 atom stereocenters. The summed E-state index contributed by atoms with van der Waals surface area (Å²) in [6, 6.07) is 1.57. The number of carbonyl (C=O) groups excluding carboxylic acids is 1. The summed E-state index contributed by atoms with van der Waals surface area (Å²) in [7, 11) is 2.90. The predicted molar refractivity (Wildman–Crippen MR) is 63.1 cm³/mol. The number of aliphatic hydroxyl groups is 1. The summed E-state index contributed by atoms with van der Waals surface area (Å²) in [5.41, 5.74) is -0.0876. The Morgan fingerprint density at radius 2 is 1.94 bits per heavy atom. The van der Waals surface area contributed by atoms with Crippen molar-refractivity contribution in [3.05, 3.63) is 22.2 Å². The molecule has 1 aliphatic rings. The molecule has 4 nitrogen and oxygen atoms in total. The monoisotopic (exact) mass is 256 g/mol. The van der Waals surface area contributed by atoms with Crippen LogP contribution in [-0.4, -0.2) is 25.6 Å². The van der Waals surface area contributed by atoms with Crippen molar-refractivity contribution in [1.82, 2.24) is 0 Å². The topological polar surface area (TPSA) is 55.8 Å². The Labute approximate surface area is 104 Å². The van der Waals surface area contributed by atoms with E-state index in [9.17, 15) is 9.90 Å². The van der Waals surface area contributed by atoms with Crippen molar-refractivity contribution in [2.45, 2.75) is 18.4 Å². The Morgan fingerprint density at radius 1 is 1.35 bits per heavy atom. The van der Waals surface area contributed by atoms with Crippen molar-refractivity contribution in [3.8, 4) is 11.5 Å². The molecule has 0 aliphatic heterocycles. The van der Waals surface area contributed by atoms with Gasteiger partial charge >= 0.3 is 0 Å². The first kappa shape index (κ1) is 12.2. The molecule has 5 heteroatoms. The van der Waals surface area contributed by atoms with Gasteiger partial charge in [0.1, 0.15) is 0 Å². The first-order valence-electron chi connectivity index (χ1n) is 5.20. The van der Waals surface area contributed by atoms with Crippen LogP contribution in [0.15, 0.2) is 6.07 Å². The van der Waals surface area contributed by atoms with Crippen LogP contribution in [0.5, 0.6) is 11.5 Å². The SMILES string of the molecule is COc1c(C2(O)CC2)cc(Cl)c(C=O)c1OC. The van der Waals surface area contributed by atoms with Crippen LogP contribution in [0.25, 0.3) is 0 Å². The van der Waals surface area contributed by atoms with Crippen molar-refractivity contribution in [1.29, 1.82) is 0 Å². The summed E-state index contributed by atoms with van der Waals surface area (Å²) in [5, 5.41) is 10.4. The quantitative estimate of drug-likeness (QED) is 0.839. The second-order valence-electron chi connectivity index (χ2n) is 4.04. The smallest absolute Gasteiger partial charge is 0.173 e. The molecule has 1 aliphatic carbocycles. The van der Waals surface area contributed by atoms with E-state index < -0.39 is 5.60 Å². The Kier molecular flexibility index (Phi) is 3.02. The van der Waals surface area contributed by atoms with Gasteiger partial charge in [0.2, 0.25) is 0 Å². The lowest BCUT2D eigenvalue weighted by atomic mass is 10.0. The van der Waals surface area contributed by atoms with E-state index in [0.717, 1.165) is 0 Å². The van der Waals surface area contributed by atoms with E-state index in [-0.39, 0.29) is 16.3 Å². The van der Waals surface area contributed by atoms with E-state index >= 15 is 0 Å². The summed E-state index contributed by atoms with van der Waals surface area (Å²) >= 11 is 6.00. The van der Waals surface area contributed by atoms with Gasteiger partial charge in [0.15, 0.2) is 17.8 Å². The Bertz CT molecular complexity index is 466. The summed E-state index contributed by atoms with van der Waals surface area (Å²) in [6.07, 6.45) is 1.93. The number of halogens is 1. The normalized spacial score (nSPS) is 16.5. The molecule has 0 heterocycles. The van der Waals surface area contributed by atoms with Gasteiger partial charge in [-0.25, -0.2) is 0 Å². The third kappa shape index (κ3) is 1.87. The highest BCUT2D eigenvalue weighted by Crippen LogP contribution is 2.52. The molecular weight excluding hydrogens is 244 g/mol. The van der Waals surface area contributed by atoms with Gasteiger partial charge in [-0.2, -0.15) is 0 Å². The van der Waals surface area contributed by atoms with Crippen LogP contribution in [0.1, 0.15) is 28.8 Å². The molecule has 0 aromatic heterocycles. The zero-order chi connectivity index (χ0) is 12.6. The van der Waals surface area contributed by atoms with Crippen molar-refractivity contribution < 1.29 is 19.4 Å². The minimum absolute atomic E-state index is 0.235. The van der Waals surface area contributed by atoms with Crippen LogP contribution in [-0.2, 0) is 5.60 Å². The fourth-order valence-electron chi connectivity index (χ4n) is 1.87. The van der Waals surface area contributed by atoms with Crippen LogP contribution in [0.4, 0.5) is 0 Å². The molecule has 0 bridgehead atoms. The van der Waals surface area contributed by atoms with Gasteiger partial charge in [-0.05, 0) is 18.9 Å².